The molecule has 0 aliphatic carbocycles. The molecule has 0 aromatic heterocycles. The van der Waals surface area contributed by atoms with Crippen molar-refractivity contribution in [1.29, 1.82) is 0 Å². The maximum absolute atomic E-state index is 13.0. The summed E-state index contributed by atoms with van der Waals surface area (Å²) in [5.74, 6) is 0.565. The minimum atomic E-state index is -0.206. The van der Waals surface area contributed by atoms with Gasteiger partial charge in [0.1, 0.15) is 5.82 Å². The van der Waals surface area contributed by atoms with Gasteiger partial charge in [-0.3, -0.25) is 4.99 Å². The SMILES string of the molecule is CN=C(NCC(C)(C)c1ccc(F)cc1)NC(C)(C)C.I. The minimum Gasteiger partial charge on any atom is -0.356 e. The van der Waals surface area contributed by atoms with Crippen LogP contribution >= 0.6 is 24.0 Å². The van der Waals surface area contributed by atoms with E-state index in [1.807, 2.05) is 12.1 Å². The fourth-order valence-corrected chi connectivity index (χ4v) is 1.84. The maximum Gasteiger partial charge on any atom is 0.191 e. The largest absolute Gasteiger partial charge is 0.356 e. The Labute approximate surface area is 144 Å². The highest BCUT2D eigenvalue weighted by Gasteiger charge is 2.21. The summed E-state index contributed by atoms with van der Waals surface area (Å²) in [6.45, 7) is 11.2. The predicted octanol–water partition coefficient (Wildman–Crippen LogP) is 3.68. The van der Waals surface area contributed by atoms with Crippen molar-refractivity contribution in [2.45, 2.75) is 45.6 Å². The molecule has 0 saturated carbocycles. The van der Waals surface area contributed by atoms with Crippen LogP contribution in [0.1, 0.15) is 40.2 Å². The number of rotatable bonds is 3. The van der Waals surface area contributed by atoms with E-state index in [2.05, 4.69) is 50.2 Å². The molecule has 0 unspecified atom stereocenters. The van der Waals surface area contributed by atoms with E-state index in [0.717, 1.165) is 11.5 Å². The monoisotopic (exact) mass is 407 g/mol. The van der Waals surface area contributed by atoms with Crippen LogP contribution in [0.3, 0.4) is 0 Å². The Kier molecular flexibility index (Phi) is 7.64. The molecule has 0 spiro atoms. The molecule has 3 nitrogen and oxygen atoms in total. The fraction of sp³-hybridized carbons (Fsp3) is 0.562. The summed E-state index contributed by atoms with van der Waals surface area (Å²) in [6, 6.07) is 6.66. The van der Waals surface area contributed by atoms with Crippen LogP contribution in [-0.4, -0.2) is 25.1 Å². The molecule has 1 aromatic rings. The van der Waals surface area contributed by atoms with E-state index >= 15 is 0 Å². The molecule has 0 fully saturated rings. The van der Waals surface area contributed by atoms with Crippen molar-refractivity contribution >= 4 is 29.9 Å². The molecule has 2 N–H and O–H groups in total. The van der Waals surface area contributed by atoms with Gasteiger partial charge >= 0.3 is 0 Å². The van der Waals surface area contributed by atoms with Crippen molar-refractivity contribution in [2.75, 3.05) is 13.6 Å². The van der Waals surface area contributed by atoms with E-state index in [1.165, 1.54) is 12.1 Å². The number of guanidine groups is 1. The quantitative estimate of drug-likeness (QED) is 0.456. The van der Waals surface area contributed by atoms with Crippen molar-refractivity contribution in [1.82, 2.24) is 10.6 Å². The number of nitrogens with one attached hydrogen (secondary N) is 2. The van der Waals surface area contributed by atoms with Gasteiger partial charge in [0.15, 0.2) is 5.96 Å². The molecule has 0 aliphatic heterocycles. The number of halogens is 2. The Bertz CT molecular complexity index is 461. The molecule has 0 saturated heterocycles. The lowest BCUT2D eigenvalue weighted by atomic mass is 9.84. The Balaban J connectivity index is 0.00000400. The lowest BCUT2D eigenvalue weighted by Gasteiger charge is -2.29. The van der Waals surface area contributed by atoms with Crippen LogP contribution in [0.15, 0.2) is 29.3 Å². The molecule has 0 heterocycles. The zero-order valence-electron chi connectivity index (χ0n) is 13.7. The average Bonchev–Trinajstić information content (AvgIpc) is 2.33. The van der Waals surface area contributed by atoms with Gasteiger partial charge in [-0.25, -0.2) is 4.39 Å². The van der Waals surface area contributed by atoms with Gasteiger partial charge < -0.3 is 10.6 Å². The summed E-state index contributed by atoms with van der Waals surface area (Å²) < 4.78 is 13.0. The highest BCUT2D eigenvalue weighted by Crippen LogP contribution is 2.22. The molecular formula is C16H27FIN3. The second kappa shape index (κ2) is 7.96. The average molecular weight is 407 g/mol. The second-order valence-electron chi connectivity index (χ2n) is 6.69. The summed E-state index contributed by atoms with van der Waals surface area (Å²) in [6.07, 6.45) is 0. The normalized spacial score (nSPS) is 12.6. The Morgan fingerprint density at radius 3 is 2.05 bits per heavy atom. The standard InChI is InChI=1S/C16H26FN3.HI/c1-15(2,3)20-14(18-6)19-11-16(4,5)12-7-9-13(17)10-8-12;/h7-10H,11H2,1-6H3,(H2,18,19,20);1H. The summed E-state index contributed by atoms with van der Waals surface area (Å²) in [7, 11) is 1.76. The Hall–Kier alpha value is -0.850. The van der Waals surface area contributed by atoms with Gasteiger partial charge in [-0.1, -0.05) is 26.0 Å². The lowest BCUT2D eigenvalue weighted by Crippen LogP contribution is -2.50. The zero-order valence-corrected chi connectivity index (χ0v) is 16.1. The van der Waals surface area contributed by atoms with Gasteiger partial charge in [0, 0.05) is 24.5 Å². The van der Waals surface area contributed by atoms with Gasteiger partial charge in [0.05, 0.1) is 0 Å². The number of nitrogens with zero attached hydrogens (tertiary/aromatic N) is 1. The first-order valence-corrected chi connectivity index (χ1v) is 6.89. The van der Waals surface area contributed by atoms with Crippen LogP contribution in [0.2, 0.25) is 0 Å². The first-order valence-electron chi connectivity index (χ1n) is 6.89. The number of hydrogen-bond donors (Lipinski definition) is 2. The van der Waals surface area contributed by atoms with E-state index in [1.54, 1.807) is 7.05 Å². The van der Waals surface area contributed by atoms with E-state index in [4.69, 9.17) is 0 Å². The van der Waals surface area contributed by atoms with Gasteiger partial charge in [-0.15, -0.1) is 24.0 Å². The number of hydrogen-bond acceptors (Lipinski definition) is 1. The first-order chi connectivity index (χ1) is 9.14. The molecular weight excluding hydrogens is 380 g/mol. The van der Waals surface area contributed by atoms with E-state index < -0.39 is 0 Å². The van der Waals surface area contributed by atoms with Crippen molar-refractivity contribution in [3.63, 3.8) is 0 Å². The summed E-state index contributed by atoms with van der Waals surface area (Å²) in [5, 5.41) is 6.64. The van der Waals surface area contributed by atoms with E-state index in [0.29, 0.717) is 6.54 Å². The second-order valence-corrected chi connectivity index (χ2v) is 6.69. The third kappa shape index (κ3) is 7.11. The topological polar surface area (TPSA) is 36.4 Å². The van der Waals surface area contributed by atoms with Crippen molar-refractivity contribution in [3.8, 4) is 0 Å². The molecule has 0 aliphatic rings. The molecule has 21 heavy (non-hydrogen) atoms. The van der Waals surface area contributed by atoms with Crippen LogP contribution < -0.4 is 10.6 Å². The van der Waals surface area contributed by atoms with Crippen molar-refractivity contribution < 1.29 is 4.39 Å². The van der Waals surface area contributed by atoms with Crippen LogP contribution in [0.5, 0.6) is 0 Å². The predicted molar refractivity (Wildman–Crippen MR) is 99.1 cm³/mol. The summed E-state index contributed by atoms with van der Waals surface area (Å²) >= 11 is 0. The van der Waals surface area contributed by atoms with Crippen molar-refractivity contribution in [2.24, 2.45) is 4.99 Å². The molecule has 120 valence electrons. The maximum atomic E-state index is 13.0. The minimum absolute atomic E-state index is 0. The molecule has 0 amide bonds. The van der Waals surface area contributed by atoms with Crippen LogP contribution in [0.4, 0.5) is 4.39 Å². The molecule has 0 atom stereocenters. The molecule has 0 bridgehead atoms. The smallest absolute Gasteiger partial charge is 0.191 e. The van der Waals surface area contributed by atoms with Gasteiger partial charge in [0.2, 0.25) is 0 Å². The van der Waals surface area contributed by atoms with Gasteiger partial charge in [0.25, 0.3) is 0 Å². The Morgan fingerprint density at radius 2 is 1.62 bits per heavy atom. The third-order valence-electron chi connectivity index (χ3n) is 3.04. The molecule has 5 heteroatoms. The number of benzene rings is 1. The molecule has 1 aromatic carbocycles. The number of aliphatic imine (C=N–C) groups is 1. The van der Waals surface area contributed by atoms with Crippen LogP contribution in [0.25, 0.3) is 0 Å². The third-order valence-corrected chi connectivity index (χ3v) is 3.04. The highest BCUT2D eigenvalue weighted by molar-refractivity contribution is 14.0. The first kappa shape index (κ1) is 20.1. The summed E-state index contributed by atoms with van der Waals surface area (Å²) in [4.78, 5) is 4.22. The summed E-state index contributed by atoms with van der Waals surface area (Å²) in [5.41, 5.74) is 0.947. The zero-order chi connectivity index (χ0) is 15.4. The fourth-order valence-electron chi connectivity index (χ4n) is 1.84. The molecule has 1 rings (SSSR count). The van der Waals surface area contributed by atoms with Gasteiger partial charge in [-0.2, -0.15) is 0 Å². The Morgan fingerprint density at radius 1 is 1.10 bits per heavy atom. The molecule has 0 radical (unpaired) electrons. The lowest BCUT2D eigenvalue weighted by molar-refractivity contribution is 0.476. The van der Waals surface area contributed by atoms with Gasteiger partial charge in [-0.05, 0) is 38.5 Å². The highest BCUT2D eigenvalue weighted by atomic mass is 127. The van der Waals surface area contributed by atoms with E-state index in [9.17, 15) is 4.39 Å². The van der Waals surface area contributed by atoms with Crippen LogP contribution in [0, 0.1) is 5.82 Å². The van der Waals surface area contributed by atoms with Crippen molar-refractivity contribution in [3.05, 3.63) is 35.6 Å². The van der Waals surface area contributed by atoms with E-state index in [-0.39, 0.29) is 40.7 Å². The van der Waals surface area contributed by atoms with Crippen LogP contribution in [-0.2, 0) is 5.41 Å².